The summed E-state index contributed by atoms with van der Waals surface area (Å²) in [7, 11) is 0. The molecule has 0 unspecified atom stereocenters. The van der Waals surface area contributed by atoms with Crippen LogP contribution in [0, 0.1) is 13.8 Å². The molecule has 15 heavy (non-hydrogen) atoms. The van der Waals surface area contributed by atoms with Crippen LogP contribution in [0.4, 0.5) is 0 Å². The summed E-state index contributed by atoms with van der Waals surface area (Å²) in [6.45, 7) is 16.5. The number of rotatable bonds is 1. The second-order valence-electron chi connectivity index (χ2n) is 1.40. The van der Waals surface area contributed by atoms with Crippen LogP contribution >= 0.6 is 0 Å². The van der Waals surface area contributed by atoms with Gasteiger partial charge in [0.1, 0.15) is 0 Å². The second-order valence-corrected chi connectivity index (χ2v) is 1.40. The minimum atomic E-state index is -0.935. The number of carboxylic acid groups (broad SMARTS) is 1. The van der Waals surface area contributed by atoms with Crippen molar-refractivity contribution in [1.29, 1.82) is 0 Å². The Kier molecular flexibility index (Phi) is 96.3. The fourth-order valence-corrected chi connectivity index (χ4v) is 0. The van der Waals surface area contributed by atoms with Gasteiger partial charge in [0, 0.05) is 12.2 Å². The molecule has 0 fully saturated rings. The molecular formula is C10H22O4Ti. The Bertz CT molecular complexity index is 104. The summed E-state index contributed by atoms with van der Waals surface area (Å²) >= 11 is 0.750. The van der Waals surface area contributed by atoms with E-state index in [2.05, 4.69) is 20.4 Å². The van der Waals surface area contributed by atoms with Gasteiger partial charge in [0.25, 0.3) is 0 Å². The number of hydrogen-bond donors (Lipinski definition) is 2. The van der Waals surface area contributed by atoms with E-state index in [9.17, 15) is 4.79 Å². The first-order valence-corrected chi connectivity index (χ1v) is 4.81. The number of aliphatic carboxylic acids is 1. The molecule has 0 bridgehead atoms. The first-order chi connectivity index (χ1) is 7.06. The van der Waals surface area contributed by atoms with Crippen LogP contribution in [0.5, 0.6) is 0 Å². The van der Waals surface area contributed by atoms with Gasteiger partial charge in [0.15, 0.2) is 0 Å². The van der Waals surface area contributed by atoms with Gasteiger partial charge in [-0.25, -0.2) is 4.79 Å². The maximum absolute atomic E-state index is 9.60. The monoisotopic (exact) mass is 254 g/mol. The number of aliphatic hydroxyl groups excluding tert-OH is 1. The van der Waals surface area contributed by atoms with Crippen molar-refractivity contribution in [3.63, 3.8) is 0 Å². The Labute approximate surface area is 105 Å². The second kappa shape index (κ2) is 49.3. The molecule has 0 radical (unpaired) electrons. The van der Waals surface area contributed by atoms with E-state index in [-0.39, 0.29) is 12.2 Å². The molecule has 0 amide bonds. The Hall–Kier alpha value is -0.316. The molecule has 0 aromatic heterocycles. The van der Waals surface area contributed by atoms with Crippen LogP contribution in [0.1, 0.15) is 27.7 Å². The topological polar surface area (TPSA) is 74.6 Å². The Morgan fingerprint density at radius 1 is 1.27 bits per heavy atom. The molecule has 0 rings (SSSR count). The number of aliphatic hydroxyl groups is 1. The average Bonchev–Trinajstić information content (AvgIpc) is 2.27. The first-order valence-electron chi connectivity index (χ1n) is 4.17. The Morgan fingerprint density at radius 3 is 1.33 bits per heavy atom. The van der Waals surface area contributed by atoms with Gasteiger partial charge in [-0.15, -0.1) is 0 Å². The van der Waals surface area contributed by atoms with E-state index in [1.807, 2.05) is 0 Å². The molecule has 2 N–H and O–H groups in total. The van der Waals surface area contributed by atoms with Crippen molar-refractivity contribution in [3.8, 4) is 0 Å². The average molecular weight is 254 g/mol. The van der Waals surface area contributed by atoms with E-state index < -0.39 is 5.97 Å². The van der Waals surface area contributed by atoms with Crippen molar-refractivity contribution < 1.29 is 38.7 Å². The van der Waals surface area contributed by atoms with Crippen LogP contribution in [0.3, 0.4) is 0 Å². The molecule has 0 aliphatic heterocycles. The molecule has 0 aliphatic rings. The number of carbonyl (C=O) groups is 1. The van der Waals surface area contributed by atoms with E-state index in [0.717, 1.165) is 20.4 Å². The molecule has 0 aromatic rings. The first kappa shape index (κ1) is 29.3. The van der Waals surface area contributed by atoms with Gasteiger partial charge in [-0.05, 0) is 13.8 Å². The molecule has 0 heterocycles. The maximum atomic E-state index is 9.60. The van der Waals surface area contributed by atoms with E-state index in [1.165, 1.54) is 6.92 Å². The Balaban J connectivity index is -0.0000000318. The normalized spacial score (nSPS) is 5.40. The van der Waals surface area contributed by atoms with Gasteiger partial charge < -0.3 is 24.1 Å². The number of carboxylic acids is 1. The van der Waals surface area contributed by atoms with Crippen LogP contribution < -0.4 is 0 Å². The standard InChI is InChI=1S/C4H6O2.C2H6O.2C2H5.O.Ti/c1-3(2)4(5)6;1-2-3;2*1-2;;/h1H2,2H3,(H,5,6);3H,2H2,1H3;2*1H2,2H3;;/q;;2*-1;;+2. The zero-order valence-corrected chi connectivity index (χ0v) is 11.6. The quantitative estimate of drug-likeness (QED) is 0.427. The van der Waals surface area contributed by atoms with Crippen LogP contribution in [-0.4, -0.2) is 22.8 Å². The van der Waals surface area contributed by atoms with Gasteiger partial charge >= 0.3 is 29.7 Å². The van der Waals surface area contributed by atoms with Crippen molar-refractivity contribution >= 4 is 5.97 Å². The van der Waals surface area contributed by atoms with Crippen LogP contribution in [-0.2, 0) is 28.5 Å². The summed E-state index contributed by atoms with van der Waals surface area (Å²) in [5.41, 5.74) is 0.176. The van der Waals surface area contributed by atoms with E-state index in [1.54, 1.807) is 20.8 Å². The molecule has 0 atom stereocenters. The zero-order valence-electron chi connectivity index (χ0n) is 10.0. The molecule has 0 spiro atoms. The van der Waals surface area contributed by atoms with Gasteiger partial charge in [-0.3, -0.25) is 0 Å². The predicted molar refractivity (Wildman–Crippen MR) is 58.0 cm³/mol. The molecule has 0 aliphatic carbocycles. The van der Waals surface area contributed by atoms with Gasteiger partial charge in [0.2, 0.25) is 0 Å². The van der Waals surface area contributed by atoms with Crippen molar-refractivity contribution in [3.05, 3.63) is 26.0 Å². The summed E-state index contributed by atoms with van der Waals surface area (Å²) in [5.74, 6) is -0.935. The van der Waals surface area contributed by atoms with Crippen molar-refractivity contribution in [2.75, 3.05) is 6.61 Å². The summed E-state index contributed by atoms with van der Waals surface area (Å²) in [5, 5.41) is 15.5. The van der Waals surface area contributed by atoms with Crippen molar-refractivity contribution in [2.45, 2.75) is 27.7 Å². The fourth-order valence-electron chi connectivity index (χ4n) is 0. The van der Waals surface area contributed by atoms with Crippen LogP contribution in [0.15, 0.2) is 12.2 Å². The third kappa shape index (κ3) is 138. The third-order valence-electron chi connectivity index (χ3n) is 0.365. The summed E-state index contributed by atoms with van der Waals surface area (Å²) in [4.78, 5) is 9.60. The molecule has 5 heteroatoms. The molecule has 90 valence electrons. The molecular weight excluding hydrogens is 232 g/mol. The van der Waals surface area contributed by atoms with Crippen LogP contribution in [0.25, 0.3) is 0 Å². The van der Waals surface area contributed by atoms with Crippen LogP contribution in [0.2, 0.25) is 0 Å². The summed E-state index contributed by atoms with van der Waals surface area (Å²) in [6.07, 6.45) is 0. The molecule has 4 nitrogen and oxygen atoms in total. The van der Waals surface area contributed by atoms with E-state index >= 15 is 0 Å². The number of hydrogen-bond acceptors (Lipinski definition) is 3. The molecule has 0 saturated carbocycles. The van der Waals surface area contributed by atoms with E-state index in [0.29, 0.717) is 0 Å². The summed E-state index contributed by atoms with van der Waals surface area (Å²) in [6, 6.07) is 0. The van der Waals surface area contributed by atoms with Crippen molar-refractivity contribution in [1.82, 2.24) is 0 Å². The minimum absolute atomic E-state index is 0.176. The zero-order chi connectivity index (χ0) is 13.9. The fraction of sp³-hybridized carbons (Fsp3) is 0.500. The van der Waals surface area contributed by atoms with Crippen molar-refractivity contribution in [2.24, 2.45) is 0 Å². The molecule has 0 aromatic carbocycles. The SMILES string of the molecule is C=C(C)C(=O)O.CCO.[CH2-]C.[CH2-]C.[O]=[Ti+2]. The van der Waals surface area contributed by atoms with E-state index in [4.69, 9.17) is 13.5 Å². The van der Waals surface area contributed by atoms with Gasteiger partial charge in [-0.1, -0.05) is 6.58 Å². The Morgan fingerprint density at radius 2 is 1.33 bits per heavy atom. The van der Waals surface area contributed by atoms with Gasteiger partial charge in [0.05, 0.1) is 0 Å². The van der Waals surface area contributed by atoms with Gasteiger partial charge in [-0.2, -0.15) is 13.8 Å². The predicted octanol–water partition coefficient (Wildman–Crippen LogP) is 2.21. The molecule has 0 saturated heterocycles. The summed E-state index contributed by atoms with van der Waals surface area (Å²) < 4.78 is 8.25. The third-order valence-corrected chi connectivity index (χ3v) is 0.365.